The van der Waals surface area contributed by atoms with E-state index in [0.717, 1.165) is 12.4 Å². The zero-order chi connectivity index (χ0) is 6.57. The first-order valence-corrected chi connectivity index (χ1v) is 3.37. The molecule has 0 heterocycles. The van der Waals surface area contributed by atoms with Crippen LogP contribution < -0.4 is 5.73 Å². The predicted molar refractivity (Wildman–Crippen MR) is 40.8 cm³/mol. The van der Waals surface area contributed by atoms with Gasteiger partial charge in [0.25, 0.3) is 0 Å². The Labute approximate surface area is 53.1 Å². The topological polar surface area (TPSA) is 26.0 Å². The van der Waals surface area contributed by atoms with E-state index in [4.69, 9.17) is 5.73 Å². The van der Waals surface area contributed by atoms with Crippen molar-refractivity contribution in [1.29, 1.82) is 0 Å². The molecule has 0 aromatic carbocycles. The van der Waals surface area contributed by atoms with Gasteiger partial charge in [0.2, 0.25) is 0 Å². The molecule has 2 atom stereocenters. The first-order valence-electron chi connectivity index (χ1n) is 3.37. The van der Waals surface area contributed by atoms with Crippen LogP contribution in [0.5, 0.6) is 0 Å². The molecule has 0 aliphatic heterocycles. The Morgan fingerprint density at radius 3 is 2.12 bits per heavy atom. The minimum Gasteiger partial charge on any atom is -0.330 e. The molecule has 48 valence electrons. The van der Waals surface area contributed by atoms with Gasteiger partial charge in [-0.3, -0.25) is 0 Å². The Bertz CT molecular complexity index is 54.5. The fraction of sp³-hybridized carbons (Fsp3) is 1.00. The van der Waals surface area contributed by atoms with E-state index in [2.05, 4.69) is 21.7 Å². The third kappa shape index (κ3) is 4.19. The van der Waals surface area contributed by atoms with Crippen molar-refractivity contribution in [3.05, 3.63) is 0 Å². The van der Waals surface area contributed by atoms with Crippen LogP contribution in [-0.4, -0.2) is 14.4 Å². The normalized spacial score (nSPS) is 17.9. The van der Waals surface area contributed by atoms with Crippen molar-refractivity contribution in [3.63, 3.8) is 0 Å². The summed E-state index contributed by atoms with van der Waals surface area (Å²) in [5.41, 5.74) is 5.42. The molecule has 2 heteroatoms. The van der Waals surface area contributed by atoms with Crippen LogP contribution in [0.3, 0.4) is 0 Å². The highest BCUT2D eigenvalue weighted by molar-refractivity contribution is 6.11. The molecular weight excluding hydrogens is 96.9 g/mol. The Balaban J connectivity index is 3.10. The maximum atomic E-state index is 5.42. The van der Waals surface area contributed by atoms with E-state index in [1.165, 1.54) is 6.42 Å². The average molecular weight is 113 g/mol. The molecule has 0 aliphatic carbocycles. The molecule has 0 aromatic rings. The molecule has 2 unspecified atom stereocenters. The first-order chi connectivity index (χ1) is 3.66. The Kier molecular flexibility index (Phi) is 3.97. The molecule has 0 rings (SSSR count). The highest BCUT2D eigenvalue weighted by Gasteiger charge is 2.00. The third-order valence-corrected chi connectivity index (χ3v) is 1.28. The van der Waals surface area contributed by atoms with Crippen molar-refractivity contribution in [2.75, 3.05) is 6.54 Å². The van der Waals surface area contributed by atoms with E-state index in [1.807, 2.05) is 0 Å². The second-order valence-electron chi connectivity index (χ2n) is 2.97. The van der Waals surface area contributed by atoms with Crippen LogP contribution in [0.15, 0.2) is 0 Å². The maximum absolute atomic E-state index is 5.42. The first kappa shape index (κ1) is 8.02. The van der Waals surface area contributed by atoms with Gasteiger partial charge in [-0.25, -0.2) is 0 Å². The molecule has 0 saturated carbocycles. The van der Waals surface area contributed by atoms with Crippen LogP contribution in [0.1, 0.15) is 20.3 Å². The van der Waals surface area contributed by atoms with Crippen molar-refractivity contribution in [2.45, 2.75) is 26.1 Å². The minimum atomic E-state index is 0.704. The summed E-state index contributed by atoms with van der Waals surface area (Å²) in [5, 5.41) is 0. The largest absolute Gasteiger partial charge is 0.330 e. The van der Waals surface area contributed by atoms with Crippen molar-refractivity contribution in [2.24, 2.45) is 11.7 Å². The molecule has 0 spiro atoms. The highest BCUT2D eigenvalue weighted by atomic mass is 14.5. The van der Waals surface area contributed by atoms with Gasteiger partial charge in [0.1, 0.15) is 7.85 Å². The van der Waals surface area contributed by atoms with E-state index in [1.54, 1.807) is 0 Å². The average Bonchev–Trinajstić information content (AvgIpc) is 1.65. The summed E-state index contributed by atoms with van der Waals surface area (Å²) in [6, 6.07) is 0. The van der Waals surface area contributed by atoms with Gasteiger partial charge >= 0.3 is 0 Å². The van der Waals surface area contributed by atoms with Gasteiger partial charge in [0.15, 0.2) is 0 Å². The summed E-state index contributed by atoms with van der Waals surface area (Å²) in [5.74, 6) is 1.50. The lowest BCUT2D eigenvalue weighted by atomic mass is 9.82. The molecule has 1 nitrogen and oxygen atoms in total. The van der Waals surface area contributed by atoms with Gasteiger partial charge in [-0.2, -0.15) is 0 Å². The lowest BCUT2D eigenvalue weighted by Crippen LogP contribution is -2.11. The number of rotatable bonds is 3. The SMILES string of the molecule is BC(C)CC(C)CN. The molecule has 0 radical (unpaired) electrons. The molecule has 2 N–H and O–H groups in total. The molecule has 0 aromatic heterocycles. The summed E-state index contributed by atoms with van der Waals surface area (Å²) >= 11 is 0. The van der Waals surface area contributed by atoms with Gasteiger partial charge < -0.3 is 5.73 Å². The fourth-order valence-corrected chi connectivity index (χ4v) is 0.901. The van der Waals surface area contributed by atoms with Gasteiger partial charge in [-0.05, 0) is 12.5 Å². The Morgan fingerprint density at radius 1 is 1.50 bits per heavy atom. The predicted octanol–water partition coefficient (Wildman–Crippen LogP) is 0.413. The van der Waals surface area contributed by atoms with Crippen molar-refractivity contribution >= 4 is 7.85 Å². The quantitative estimate of drug-likeness (QED) is 0.527. The Morgan fingerprint density at radius 2 is 2.00 bits per heavy atom. The number of nitrogens with two attached hydrogens (primary N) is 1. The summed E-state index contributed by atoms with van der Waals surface area (Å²) in [6.45, 7) is 5.25. The second-order valence-corrected chi connectivity index (χ2v) is 2.97. The molecule has 0 saturated heterocycles. The summed E-state index contributed by atoms with van der Waals surface area (Å²) in [6.07, 6.45) is 1.26. The molecule has 0 bridgehead atoms. The van der Waals surface area contributed by atoms with Gasteiger partial charge in [0, 0.05) is 0 Å². The lowest BCUT2D eigenvalue weighted by Gasteiger charge is -2.09. The zero-order valence-electron chi connectivity index (χ0n) is 6.15. The second kappa shape index (κ2) is 3.96. The lowest BCUT2D eigenvalue weighted by molar-refractivity contribution is 0.536. The maximum Gasteiger partial charge on any atom is 0.105 e. The van der Waals surface area contributed by atoms with Crippen molar-refractivity contribution < 1.29 is 0 Å². The third-order valence-electron chi connectivity index (χ3n) is 1.28. The molecule has 8 heavy (non-hydrogen) atoms. The summed E-state index contributed by atoms with van der Waals surface area (Å²) in [4.78, 5) is 0. The van der Waals surface area contributed by atoms with Gasteiger partial charge in [-0.15, -0.1) is 0 Å². The summed E-state index contributed by atoms with van der Waals surface area (Å²) in [7, 11) is 2.23. The van der Waals surface area contributed by atoms with E-state index in [0.29, 0.717) is 5.92 Å². The van der Waals surface area contributed by atoms with E-state index >= 15 is 0 Å². The molecule has 0 amide bonds. The fourth-order valence-electron chi connectivity index (χ4n) is 0.901. The number of hydrogen-bond acceptors (Lipinski definition) is 1. The molecule has 0 fully saturated rings. The summed E-state index contributed by atoms with van der Waals surface area (Å²) < 4.78 is 0. The standard InChI is InChI=1S/C6H16BN/c1-5(4-8)3-6(2)7/h5-6H,3-4,7-8H2,1-2H3. The van der Waals surface area contributed by atoms with Gasteiger partial charge in [-0.1, -0.05) is 26.1 Å². The molecular formula is C6H16BN. The zero-order valence-corrected chi connectivity index (χ0v) is 6.15. The smallest absolute Gasteiger partial charge is 0.105 e. The Hall–Kier alpha value is 0.0249. The van der Waals surface area contributed by atoms with Crippen LogP contribution in [0.4, 0.5) is 0 Å². The van der Waals surface area contributed by atoms with E-state index in [-0.39, 0.29) is 0 Å². The van der Waals surface area contributed by atoms with Crippen LogP contribution in [0, 0.1) is 5.92 Å². The van der Waals surface area contributed by atoms with Crippen LogP contribution in [0.2, 0.25) is 5.82 Å². The van der Waals surface area contributed by atoms with E-state index < -0.39 is 0 Å². The van der Waals surface area contributed by atoms with E-state index in [9.17, 15) is 0 Å². The highest BCUT2D eigenvalue weighted by Crippen LogP contribution is 2.10. The molecule has 0 aliphatic rings. The van der Waals surface area contributed by atoms with Gasteiger partial charge in [0.05, 0.1) is 0 Å². The van der Waals surface area contributed by atoms with Crippen molar-refractivity contribution in [3.8, 4) is 0 Å². The van der Waals surface area contributed by atoms with Crippen LogP contribution in [0.25, 0.3) is 0 Å². The monoisotopic (exact) mass is 113 g/mol. The number of hydrogen-bond donors (Lipinski definition) is 1. The van der Waals surface area contributed by atoms with Crippen LogP contribution >= 0.6 is 0 Å². The van der Waals surface area contributed by atoms with Crippen LogP contribution in [-0.2, 0) is 0 Å². The van der Waals surface area contributed by atoms with Crippen molar-refractivity contribution in [1.82, 2.24) is 0 Å². The minimum absolute atomic E-state index is 0.704.